The highest BCUT2D eigenvalue weighted by molar-refractivity contribution is 5.65. The zero-order valence-corrected chi connectivity index (χ0v) is 12.6. The lowest BCUT2D eigenvalue weighted by molar-refractivity contribution is -0.383. The third-order valence-electron chi connectivity index (χ3n) is 3.45. The first kappa shape index (κ1) is 16.3. The maximum atomic E-state index is 10.7. The van der Waals surface area contributed by atoms with Crippen molar-refractivity contribution in [1.29, 1.82) is 0 Å². The van der Waals surface area contributed by atoms with E-state index in [1.165, 1.54) is 25.3 Å². The molecule has 0 aliphatic carbocycles. The van der Waals surface area contributed by atoms with Gasteiger partial charge in [-0.25, -0.2) is 0 Å². The van der Waals surface area contributed by atoms with Crippen molar-refractivity contribution < 1.29 is 4.92 Å². The number of nitrogens with zero attached hydrogens (tertiary/aromatic N) is 1. The number of anilines is 2. The smallest absolute Gasteiger partial charge is 0.292 e. The zero-order chi connectivity index (χ0) is 15.2. The van der Waals surface area contributed by atoms with E-state index in [-0.39, 0.29) is 16.8 Å². The molecule has 1 aromatic carbocycles. The van der Waals surface area contributed by atoms with Crippen LogP contribution in [0.4, 0.5) is 17.1 Å². The normalized spacial score (nSPS) is 11.3. The van der Waals surface area contributed by atoms with Crippen LogP contribution in [0.2, 0.25) is 0 Å². The number of benzene rings is 1. The van der Waals surface area contributed by atoms with Crippen LogP contribution in [0.25, 0.3) is 0 Å². The molecule has 0 saturated heterocycles. The van der Waals surface area contributed by atoms with Crippen LogP contribution < -0.4 is 11.1 Å². The monoisotopic (exact) mass is 279 g/mol. The van der Waals surface area contributed by atoms with E-state index in [2.05, 4.69) is 26.1 Å². The van der Waals surface area contributed by atoms with Gasteiger partial charge >= 0.3 is 0 Å². The van der Waals surface area contributed by atoms with E-state index in [9.17, 15) is 10.1 Å². The number of nitro benzene ring substituents is 1. The van der Waals surface area contributed by atoms with Crippen molar-refractivity contribution in [3.8, 4) is 0 Å². The van der Waals surface area contributed by atoms with Crippen molar-refractivity contribution >= 4 is 17.1 Å². The van der Waals surface area contributed by atoms with Crippen LogP contribution in [0.5, 0.6) is 0 Å². The highest BCUT2D eigenvalue weighted by Crippen LogP contribution is 2.27. The Bertz CT molecular complexity index is 458. The van der Waals surface area contributed by atoms with Crippen molar-refractivity contribution in [2.24, 2.45) is 5.41 Å². The number of rotatable bonds is 8. The molecular formula is C15H25N3O2. The first-order valence-corrected chi connectivity index (χ1v) is 7.13. The Morgan fingerprint density at radius 2 is 2.05 bits per heavy atom. The minimum Gasteiger partial charge on any atom is -0.393 e. The molecule has 0 unspecified atom stereocenters. The molecule has 0 aliphatic heterocycles. The molecule has 1 aromatic rings. The van der Waals surface area contributed by atoms with E-state index >= 15 is 0 Å². The molecule has 0 aliphatic rings. The summed E-state index contributed by atoms with van der Waals surface area (Å²) in [6.07, 6.45) is 4.88. The predicted molar refractivity (Wildman–Crippen MR) is 83.9 cm³/mol. The van der Waals surface area contributed by atoms with Crippen molar-refractivity contribution in [3.05, 3.63) is 28.3 Å². The van der Waals surface area contributed by atoms with Crippen LogP contribution in [0, 0.1) is 15.5 Å². The lowest BCUT2D eigenvalue weighted by Crippen LogP contribution is -2.23. The molecule has 0 radical (unpaired) electrons. The van der Waals surface area contributed by atoms with Crippen LogP contribution in [0.15, 0.2) is 18.2 Å². The average molecular weight is 279 g/mol. The summed E-state index contributed by atoms with van der Waals surface area (Å²) in [6.45, 7) is 7.48. The van der Waals surface area contributed by atoms with Crippen LogP contribution in [0.1, 0.15) is 46.5 Å². The Kier molecular flexibility index (Phi) is 5.80. The molecule has 20 heavy (non-hydrogen) atoms. The molecule has 112 valence electrons. The van der Waals surface area contributed by atoms with E-state index in [0.29, 0.717) is 0 Å². The van der Waals surface area contributed by atoms with Crippen LogP contribution >= 0.6 is 0 Å². The maximum Gasteiger partial charge on any atom is 0.292 e. The highest BCUT2D eigenvalue weighted by atomic mass is 16.6. The Hall–Kier alpha value is -1.78. The van der Waals surface area contributed by atoms with Crippen LogP contribution in [0.3, 0.4) is 0 Å². The lowest BCUT2D eigenvalue weighted by Gasteiger charge is -2.25. The molecule has 3 N–H and O–H groups in total. The summed E-state index contributed by atoms with van der Waals surface area (Å²) in [6, 6.07) is 4.78. The SMILES string of the molecule is CCCCCC(C)(C)CNc1ccc([N+](=O)[O-])c(N)c1. The lowest BCUT2D eigenvalue weighted by atomic mass is 9.87. The number of nitrogens with two attached hydrogens (primary N) is 1. The first-order chi connectivity index (χ1) is 9.35. The number of hydrogen-bond donors (Lipinski definition) is 2. The average Bonchev–Trinajstić information content (AvgIpc) is 2.36. The van der Waals surface area contributed by atoms with Gasteiger partial charge in [0.25, 0.3) is 5.69 Å². The molecule has 5 nitrogen and oxygen atoms in total. The van der Waals surface area contributed by atoms with Gasteiger partial charge in [-0.1, -0.05) is 40.0 Å². The molecule has 5 heteroatoms. The van der Waals surface area contributed by atoms with Crippen LogP contribution in [-0.2, 0) is 0 Å². The Balaban J connectivity index is 2.57. The second-order valence-electron chi connectivity index (χ2n) is 6.01. The second-order valence-corrected chi connectivity index (χ2v) is 6.01. The van der Waals surface area contributed by atoms with E-state index in [4.69, 9.17) is 5.73 Å². The van der Waals surface area contributed by atoms with Gasteiger partial charge < -0.3 is 11.1 Å². The van der Waals surface area contributed by atoms with E-state index < -0.39 is 4.92 Å². The molecule has 0 fully saturated rings. The zero-order valence-electron chi connectivity index (χ0n) is 12.6. The summed E-state index contributed by atoms with van der Waals surface area (Å²) in [7, 11) is 0. The molecule has 0 atom stereocenters. The van der Waals surface area contributed by atoms with Gasteiger partial charge in [-0.3, -0.25) is 10.1 Å². The minimum atomic E-state index is -0.464. The quantitative estimate of drug-likeness (QED) is 0.323. The number of nitrogens with one attached hydrogen (secondary N) is 1. The number of unbranched alkanes of at least 4 members (excludes halogenated alkanes) is 2. The molecule has 0 aromatic heterocycles. The third-order valence-corrected chi connectivity index (χ3v) is 3.45. The fraction of sp³-hybridized carbons (Fsp3) is 0.600. The highest BCUT2D eigenvalue weighted by Gasteiger charge is 2.17. The molecule has 0 amide bonds. The van der Waals surface area contributed by atoms with E-state index in [0.717, 1.165) is 18.7 Å². The maximum absolute atomic E-state index is 10.7. The van der Waals surface area contributed by atoms with Crippen molar-refractivity contribution in [3.63, 3.8) is 0 Å². The summed E-state index contributed by atoms with van der Waals surface area (Å²) < 4.78 is 0. The van der Waals surface area contributed by atoms with Gasteiger partial charge in [0.1, 0.15) is 5.69 Å². The van der Waals surface area contributed by atoms with Gasteiger partial charge in [-0.2, -0.15) is 0 Å². The second kappa shape index (κ2) is 7.12. The third kappa shape index (κ3) is 5.07. The predicted octanol–water partition coefficient (Wildman–Crippen LogP) is 4.20. The van der Waals surface area contributed by atoms with Crippen molar-refractivity contribution in [1.82, 2.24) is 0 Å². The van der Waals surface area contributed by atoms with E-state index in [1.54, 1.807) is 12.1 Å². The summed E-state index contributed by atoms with van der Waals surface area (Å²) >= 11 is 0. The number of hydrogen-bond acceptors (Lipinski definition) is 4. The summed E-state index contributed by atoms with van der Waals surface area (Å²) in [5.74, 6) is 0. The minimum absolute atomic E-state index is 0.0437. The van der Waals surface area contributed by atoms with Gasteiger partial charge in [-0.05, 0) is 24.0 Å². The van der Waals surface area contributed by atoms with Gasteiger partial charge in [0, 0.05) is 18.3 Å². The molecule has 0 saturated carbocycles. The van der Waals surface area contributed by atoms with Gasteiger partial charge in [0.2, 0.25) is 0 Å². The molecular weight excluding hydrogens is 254 g/mol. The van der Waals surface area contributed by atoms with Gasteiger partial charge in [0.05, 0.1) is 4.92 Å². The number of nitro groups is 1. The van der Waals surface area contributed by atoms with Gasteiger partial charge in [-0.15, -0.1) is 0 Å². The molecule has 0 heterocycles. The summed E-state index contributed by atoms with van der Waals surface area (Å²) in [4.78, 5) is 10.2. The van der Waals surface area contributed by atoms with E-state index in [1.807, 2.05) is 0 Å². The fourth-order valence-electron chi connectivity index (χ4n) is 2.11. The van der Waals surface area contributed by atoms with Gasteiger partial charge in [0.15, 0.2) is 0 Å². The fourth-order valence-corrected chi connectivity index (χ4v) is 2.11. The Morgan fingerprint density at radius 3 is 2.60 bits per heavy atom. The molecule has 0 bridgehead atoms. The van der Waals surface area contributed by atoms with Crippen molar-refractivity contribution in [2.45, 2.75) is 46.5 Å². The summed E-state index contributed by atoms with van der Waals surface area (Å²) in [5, 5.41) is 14.0. The molecule has 1 rings (SSSR count). The first-order valence-electron chi connectivity index (χ1n) is 7.13. The Labute approximate surface area is 120 Å². The number of nitrogen functional groups attached to an aromatic ring is 1. The molecule has 0 spiro atoms. The largest absolute Gasteiger partial charge is 0.393 e. The standard InChI is InChI=1S/C15H25N3O2/c1-4-5-6-9-15(2,3)11-17-12-7-8-14(18(19)20)13(16)10-12/h7-8,10,17H,4-6,9,11,16H2,1-3H3. The Morgan fingerprint density at radius 1 is 1.35 bits per heavy atom. The topological polar surface area (TPSA) is 81.2 Å². The van der Waals surface area contributed by atoms with Crippen molar-refractivity contribution in [2.75, 3.05) is 17.6 Å². The summed E-state index contributed by atoms with van der Waals surface area (Å²) in [5.41, 5.74) is 6.86. The van der Waals surface area contributed by atoms with Crippen LogP contribution in [-0.4, -0.2) is 11.5 Å².